The van der Waals surface area contributed by atoms with Gasteiger partial charge in [0.15, 0.2) is 6.10 Å². The molecule has 0 saturated carbocycles. The summed E-state index contributed by atoms with van der Waals surface area (Å²) in [7, 11) is 0. The molecule has 3 unspecified atom stereocenters. The van der Waals surface area contributed by atoms with Crippen LogP contribution in [0.5, 0.6) is 0 Å². The Hall–Kier alpha value is -1.85. The predicted molar refractivity (Wildman–Crippen MR) is 89.6 cm³/mol. The van der Waals surface area contributed by atoms with Crippen LogP contribution in [0.1, 0.15) is 36.8 Å². The van der Waals surface area contributed by atoms with E-state index in [1.165, 1.54) is 0 Å². The Morgan fingerprint density at radius 1 is 1.39 bits per heavy atom. The van der Waals surface area contributed by atoms with Gasteiger partial charge in [-0.25, -0.2) is 0 Å². The largest absolute Gasteiger partial charge is 0.391 e. The first-order valence-corrected chi connectivity index (χ1v) is 8.05. The maximum Gasteiger partial charge on any atom is 0.164 e. The van der Waals surface area contributed by atoms with Gasteiger partial charge < -0.3 is 9.94 Å². The molecule has 2 heterocycles. The Balaban J connectivity index is 1.85. The molecule has 0 amide bonds. The van der Waals surface area contributed by atoms with Crippen molar-refractivity contribution in [1.29, 1.82) is 0 Å². The molecule has 23 heavy (non-hydrogen) atoms. The van der Waals surface area contributed by atoms with E-state index >= 15 is 0 Å². The molecule has 0 saturated heterocycles. The highest BCUT2D eigenvalue weighted by atomic mass is 35.5. The van der Waals surface area contributed by atoms with E-state index < -0.39 is 6.10 Å². The number of halogens is 1. The standard InChI is InChI=1S/C17H20ClN3O2/c1-10(22)9-21-12(3)14(8-19-21)17-11(2)16(20-23-17)13-6-4-5-7-15(13)18/h4-8,10-11,17,22H,9H2,1-3H3. The molecule has 1 aliphatic heterocycles. The van der Waals surface area contributed by atoms with Crippen molar-refractivity contribution in [2.75, 3.05) is 0 Å². The fourth-order valence-corrected chi connectivity index (χ4v) is 3.13. The number of oxime groups is 1. The summed E-state index contributed by atoms with van der Waals surface area (Å²) in [4.78, 5) is 5.69. The monoisotopic (exact) mass is 333 g/mol. The third-order valence-corrected chi connectivity index (χ3v) is 4.51. The van der Waals surface area contributed by atoms with Crippen molar-refractivity contribution in [3.63, 3.8) is 0 Å². The quantitative estimate of drug-likeness (QED) is 0.933. The molecule has 6 heteroatoms. The lowest BCUT2D eigenvalue weighted by molar-refractivity contribution is 0.0646. The van der Waals surface area contributed by atoms with Crippen molar-refractivity contribution in [2.24, 2.45) is 11.1 Å². The Morgan fingerprint density at radius 3 is 2.83 bits per heavy atom. The molecule has 0 bridgehead atoms. The summed E-state index contributed by atoms with van der Waals surface area (Å²) in [6.07, 6.45) is 1.16. The summed E-state index contributed by atoms with van der Waals surface area (Å²) >= 11 is 6.28. The number of rotatable bonds is 4. The van der Waals surface area contributed by atoms with Crippen LogP contribution in [0.2, 0.25) is 5.02 Å². The molecule has 0 radical (unpaired) electrons. The molecule has 1 N–H and O–H groups in total. The summed E-state index contributed by atoms with van der Waals surface area (Å²) in [5, 5.41) is 18.8. The highest BCUT2D eigenvalue weighted by Crippen LogP contribution is 2.37. The summed E-state index contributed by atoms with van der Waals surface area (Å²) in [6, 6.07) is 7.64. The molecule has 1 aliphatic rings. The van der Waals surface area contributed by atoms with Gasteiger partial charge in [0.1, 0.15) is 0 Å². The number of hydrogen-bond donors (Lipinski definition) is 1. The van der Waals surface area contributed by atoms with E-state index in [-0.39, 0.29) is 12.0 Å². The van der Waals surface area contributed by atoms with Crippen molar-refractivity contribution in [3.05, 3.63) is 52.3 Å². The van der Waals surface area contributed by atoms with Gasteiger partial charge in [0.05, 0.1) is 24.6 Å². The first-order valence-electron chi connectivity index (χ1n) is 7.68. The van der Waals surface area contributed by atoms with Crippen LogP contribution in [-0.4, -0.2) is 26.7 Å². The molecule has 3 atom stereocenters. The minimum atomic E-state index is -0.446. The van der Waals surface area contributed by atoms with Crippen LogP contribution >= 0.6 is 11.6 Å². The van der Waals surface area contributed by atoms with Crippen LogP contribution < -0.4 is 0 Å². The van der Waals surface area contributed by atoms with Gasteiger partial charge in [0.25, 0.3) is 0 Å². The molecule has 5 nitrogen and oxygen atoms in total. The van der Waals surface area contributed by atoms with E-state index in [4.69, 9.17) is 16.4 Å². The lowest BCUT2D eigenvalue weighted by Crippen LogP contribution is -2.17. The Bertz CT molecular complexity index is 739. The van der Waals surface area contributed by atoms with Crippen molar-refractivity contribution in [1.82, 2.24) is 9.78 Å². The lowest BCUT2D eigenvalue weighted by Gasteiger charge is -2.15. The zero-order valence-corrected chi connectivity index (χ0v) is 14.2. The molecular formula is C17H20ClN3O2. The zero-order valence-electron chi connectivity index (χ0n) is 13.4. The number of hydrogen-bond acceptors (Lipinski definition) is 4. The molecule has 0 aliphatic carbocycles. The maximum absolute atomic E-state index is 9.55. The average Bonchev–Trinajstić information content (AvgIpc) is 3.04. The number of aromatic nitrogens is 2. The third kappa shape index (κ3) is 2.99. The second-order valence-corrected chi connectivity index (χ2v) is 6.39. The number of aliphatic hydroxyl groups is 1. The highest BCUT2D eigenvalue weighted by Gasteiger charge is 2.35. The second-order valence-electron chi connectivity index (χ2n) is 5.99. The van der Waals surface area contributed by atoms with E-state index in [0.717, 1.165) is 22.5 Å². The minimum absolute atomic E-state index is 0.0674. The Kier molecular flexibility index (Phi) is 4.41. The first-order chi connectivity index (χ1) is 11.0. The zero-order chi connectivity index (χ0) is 16.6. The van der Waals surface area contributed by atoms with Gasteiger partial charge in [-0.1, -0.05) is 41.9 Å². The van der Waals surface area contributed by atoms with Crippen molar-refractivity contribution < 1.29 is 9.94 Å². The van der Waals surface area contributed by atoms with Crippen molar-refractivity contribution >= 4 is 17.3 Å². The molecule has 2 aromatic rings. The smallest absolute Gasteiger partial charge is 0.164 e. The normalized spacial score (nSPS) is 21.9. The summed E-state index contributed by atoms with van der Waals surface area (Å²) in [5.41, 5.74) is 3.73. The molecular weight excluding hydrogens is 314 g/mol. The van der Waals surface area contributed by atoms with Crippen LogP contribution in [0.3, 0.4) is 0 Å². The summed E-state index contributed by atoms with van der Waals surface area (Å²) < 4.78 is 1.80. The molecule has 1 aromatic heterocycles. The number of aliphatic hydroxyl groups excluding tert-OH is 1. The van der Waals surface area contributed by atoms with Crippen LogP contribution in [0, 0.1) is 12.8 Å². The summed E-state index contributed by atoms with van der Waals surface area (Å²) in [5.74, 6) is 0.0674. The summed E-state index contributed by atoms with van der Waals surface area (Å²) in [6.45, 7) is 6.26. The Labute approximate surface area is 140 Å². The highest BCUT2D eigenvalue weighted by molar-refractivity contribution is 6.34. The number of nitrogens with zero attached hydrogens (tertiary/aromatic N) is 3. The molecule has 3 rings (SSSR count). The molecule has 0 fully saturated rings. The Morgan fingerprint density at radius 2 is 2.13 bits per heavy atom. The fraction of sp³-hybridized carbons (Fsp3) is 0.412. The predicted octanol–water partition coefficient (Wildman–Crippen LogP) is 3.34. The number of benzene rings is 1. The van der Waals surface area contributed by atoms with Crippen molar-refractivity contribution in [2.45, 2.75) is 39.5 Å². The minimum Gasteiger partial charge on any atom is -0.391 e. The van der Waals surface area contributed by atoms with Crippen LogP contribution in [0.25, 0.3) is 0 Å². The molecule has 1 aromatic carbocycles. The lowest BCUT2D eigenvalue weighted by atomic mass is 9.90. The SMILES string of the molecule is Cc1c(C2ON=C(c3ccccc3Cl)C2C)cnn1CC(C)O. The topological polar surface area (TPSA) is 59.6 Å². The van der Waals surface area contributed by atoms with Crippen LogP contribution in [0.15, 0.2) is 35.6 Å². The van der Waals surface area contributed by atoms with E-state index in [1.54, 1.807) is 17.8 Å². The van der Waals surface area contributed by atoms with Gasteiger partial charge in [0, 0.05) is 27.8 Å². The second kappa shape index (κ2) is 6.34. The molecule has 0 spiro atoms. The van der Waals surface area contributed by atoms with Crippen LogP contribution in [-0.2, 0) is 11.4 Å². The van der Waals surface area contributed by atoms with Gasteiger partial charge in [-0.15, -0.1) is 0 Å². The molecule has 122 valence electrons. The van der Waals surface area contributed by atoms with Gasteiger partial charge in [0.2, 0.25) is 0 Å². The van der Waals surface area contributed by atoms with Gasteiger partial charge in [-0.2, -0.15) is 5.10 Å². The van der Waals surface area contributed by atoms with E-state index in [9.17, 15) is 5.11 Å². The van der Waals surface area contributed by atoms with E-state index in [0.29, 0.717) is 11.6 Å². The van der Waals surface area contributed by atoms with Gasteiger partial charge in [-0.3, -0.25) is 4.68 Å². The maximum atomic E-state index is 9.55. The van der Waals surface area contributed by atoms with Crippen molar-refractivity contribution in [3.8, 4) is 0 Å². The first kappa shape index (κ1) is 16.0. The fourth-order valence-electron chi connectivity index (χ4n) is 2.90. The third-order valence-electron chi connectivity index (χ3n) is 4.18. The van der Waals surface area contributed by atoms with E-state index in [2.05, 4.69) is 17.2 Å². The van der Waals surface area contributed by atoms with Gasteiger partial charge in [-0.05, 0) is 19.9 Å². The van der Waals surface area contributed by atoms with Gasteiger partial charge >= 0.3 is 0 Å². The van der Waals surface area contributed by atoms with Crippen LogP contribution in [0.4, 0.5) is 0 Å². The average molecular weight is 334 g/mol. The van der Waals surface area contributed by atoms with E-state index in [1.807, 2.05) is 31.2 Å².